The minimum absolute atomic E-state index is 0.669. The van der Waals surface area contributed by atoms with Crippen molar-refractivity contribution in [3.8, 4) is 5.75 Å². The van der Waals surface area contributed by atoms with E-state index in [4.69, 9.17) is 4.74 Å². The van der Waals surface area contributed by atoms with Crippen molar-refractivity contribution < 1.29 is 4.74 Å². The molecule has 0 radical (unpaired) electrons. The SMILES string of the molecule is CCCCCCCCC(C)c1ccc(OC)cc1. The van der Waals surface area contributed by atoms with E-state index in [1.807, 2.05) is 0 Å². The normalized spacial score (nSPS) is 12.4. The summed E-state index contributed by atoms with van der Waals surface area (Å²) in [5.74, 6) is 1.62. The van der Waals surface area contributed by atoms with Crippen LogP contribution in [0.3, 0.4) is 0 Å². The largest absolute Gasteiger partial charge is 0.497 e. The van der Waals surface area contributed by atoms with Gasteiger partial charge >= 0.3 is 0 Å². The Bertz CT molecular complexity index is 302. The van der Waals surface area contributed by atoms with Gasteiger partial charge in [-0.25, -0.2) is 0 Å². The van der Waals surface area contributed by atoms with Crippen LogP contribution in [0.4, 0.5) is 0 Å². The molecule has 0 bridgehead atoms. The number of hydrogen-bond acceptors (Lipinski definition) is 1. The van der Waals surface area contributed by atoms with Crippen molar-refractivity contribution in [2.45, 2.75) is 64.7 Å². The molecule has 102 valence electrons. The maximum atomic E-state index is 5.18. The van der Waals surface area contributed by atoms with Gasteiger partial charge in [-0.05, 0) is 30.0 Å². The van der Waals surface area contributed by atoms with Gasteiger partial charge in [0.2, 0.25) is 0 Å². The summed E-state index contributed by atoms with van der Waals surface area (Å²) in [7, 11) is 1.72. The summed E-state index contributed by atoms with van der Waals surface area (Å²) in [5, 5.41) is 0. The molecule has 0 spiro atoms. The van der Waals surface area contributed by atoms with Gasteiger partial charge in [-0.1, -0.05) is 64.5 Å². The van der Waals surface area contributed by atoms with Crippen LogP contribution in [0.5, 0.6) is 5.75 Å². The second kappa shape index (κ2) is 9.02. The van der Waals surface area contributed by atoms with Gasteiger partial charge in [-0.3, -0.25) is 0 Å². The van der Waals surface area contributed by atoms with Crippen LogP contribution in [0.2, 0.25) is 0 Å². The summed E-state index contributed by atoms with van der Waals surface area (Å²) < 4.78 is 5.18. The molecule has 1 heteroatoms. The molecule has 0 heterocycles. The van der Waals surface area contributed by atoms with Crippen molar-refractivity contribution in [2.75, 3.05) is 7.11 Å². The molecular weight excluding hydrogens is 220 g/mol. The lowest BCUT2D eigenvalue weighted by Crippen LogP contribution is -1.94. The van der Waals surface area contributed by atoms with E-state index in [9.17, 15) is 0 Å². The van der Waals surface area contributed by atoms with Crippen LogP contribution in [0.25, 0.3) is 0 Å². The first-order valence-corrected chi connectivity index (χ1v) is 7.42. The van der Waals surface area contributed by atoms with Crippen LogP contribution in [0, 0.1) is 0 Å². The molecule has 0 aliphatic rings. The van der Waals surface area contributed by atoms with Gasteiger partial charge in [-0.2, -0.15) is 0 Å². The van der Waals surface area contributed by atoms with E-state index in [1.54, 1.807) is 7.11 Å². The van der Waals surface area contributed by atoms with E-state index in [0.717, 1.165) is 5.75 Å². The Morgan fingerprint density at radius 1 is 0.944 bits per heavy atom. The molecule has 0 saturated heterocycles. The van der Waals surface area contributed by atoms with E-state index in [-0.39, 0.29) is 0 Å². The molecule has 1 unspecified atom stereocenters. The summed E-state index contributed by atoms with van der Waals surface area (Å²) in [6.07, 6.45) is 9.60. The third kappa shape index (κ3) is 5.57. The second-order valence-corrected chi connectivity index (χ2v) is 5.23. The van der Waals surface area contributed by atoms with E-state index >= 15 is 0 Å². The Kier molecular flexibility index (Phi) is 7.55. The van der Waals surface area contributed by atoms with Crippen LogP contribution in [-0.2, 0) is 0 Å². The molecule has 0 aromatic heterocycles. The summed E-state index contributed by atoms with van der Waals surface area (Å²) in [6, 6.07) is 8.52. The molecule has 0 N–H and O–H groups in total. The van der Waals surface area contributed by atoms with Crippen LogP contribution in [0.1, 0.15) is 70.3 Å². The predicted octanol–water partition coefficient (Wildman–Crippen LogP) is 5.55. The molecule has 18 heavy (non-hydrogen) atoms. The number of unbranched alkanes of at least 4 members (excludes halogenated alkanes) is 5. The fraction of sp³-hybridized carbons (Fsp3) is 0.647. The molecule has 0 amide bonds. The van der Waals surface area contributed by atoms with Gasteiger partial charge in [0, 0.05) is 0 Å². The van der Waals surface area contributed by atoms with Crippen molar-refractivity contribution in [3.63, 3.8) is 0 Å². The molecule has 1 rings (SSSR count). The topological polar surface area (TPSA) is 9.23 Å². The number of hydrogen-bond donors (Lipinski definition) is 0. The monoisotopic (exact) mass is 248 g/mol. The number of benzene rings is 1. The molecule has 1 nitrogen and oxygen atoms in total. The standard InChI is InChI=1S/C17H28O/c1-4-5-6-7-8-9-10-15(2)16-11-13-17(18-3)14-12-16/h11-15H,4-10H2,1-3H3. The van der Waals surface area contributed by atoms with Crippen LogP contribution >= 0.6 is 0 Å². The Morgan fingerprint density at radius 2 is 1.56 bits per heavy atom. The minimum atomic E-state index is 0.669. The van der Waals surface area contributed by atoms with E-state index in [0.29, 0.717) is 5.92 Å². The van der Waals surface area contributed by atoms with Gasteiger partial charge in [0.1, 0.15) is 5.75 Å². The Balaban J connectivity index is 2.21. The quantitative estimate of drug-likeness (QED) is 0.521. The minimum Gasteiger partial charge on any atom is -0.497 e. The van der Waals surface area contributed by atoms with Gasteiger partial charge in [0.05, 0.1) is 7.11 Å². The van der Waals surface area contributed by atoms with Gasteiger partial charge in [0.25, 0.3) is 0 Å². The predicted molar refractivity (Wildman–Crippen MR) is 79.4 cm³/mol. The number of methoxy groups -OCH3 is 1. The molecule has 1 aromatic carbocycles. The number of ether oxygens (including phenoxy) is 1. The molecule has 0 fully saturated rings. The van der Waals surface area contributed by atoms with Crippen LogP contribution in [-0.4, -0.2) is 7.11 Å². The Hall–Kier alpha value is -0.980. The van der Waals surface area contributed by atoms with E-state index < -0.39 is 0 Å². The van der Waals surface area contributed by atoms with Gasteiger partial charge in [0.15, 0.2) is 0 Å². The third-order valence-electron chi connectivity index (χ3n) is 3.68. The highest BCUT2D eigenvalue weighted by atomic mass is 16.5. The lowest BCUT2D eigenvalue weighted by atomic mass is 9.94. The van der Waals surface area contributed by atoms with E-state index in [2.05, 4.69) is 38.1 Å². The highest BCUT2D eigenvalue weighted by Crippen LogP contribution is 2.24. The zero-order valence-electron chi connectivity index (χ0n) is 12.2. The molecule has 0 aliphatic carbocycles. The average Bonchev–Trinajstić information content (AvgIpc) is 2.42. The Morgan fingerprint density at radius 3 is 2.17 bits per heavy atom. The fourth-order valence-corrected chi connectivity index (χ4v) is 2.33. The Labute approximate surface area is 113 Å². The maximum Gasteiger partial charge on any atom is 0.118 e. The first-order valence-electron chi connectivity index (χ1n) is 7.42. The highest BCUT2D eigenvalue weighted by molar-refractivity contribution is 5.28. The summed E-state index contributed by atoms with van der Waals surface area (Å²) in [4.78, 5) is 0. The van der Waals surface area contributed by atoms with Gasteiger partial charge in [-0.15, -0.1) is 0 Å². The zero-order valence-corrected chi connectivity index (χ0v) is 12.2. The maximum absolute atomic E-state index is 5.18. The molecule has 1 aromatic rings. The third-order valence-corrected chi connectivity index (χ3v) is 3.68. The summed E-state index contributed by atoms with van der Waals surface area (Å²) in [5.41, 5.74) is 1.43. The van der Waals surface area contributed by atoms with E-state index in [1.165, 1.54) is 50.5 Å². The summed E-state index contributed by atoms with van der Waals surface area (Å²) in [6.45, 7) is 4.60. The van der Waals surface area contributed by atoms with Crippen molar-refractivity contribution in [2.24, 2.45) is 0 Å². The summed E-state index contributed by atoms with van der Waals surface area (Å²) >= 11 is 0. The molecule has 0 saturated carbocycles. The molecule has 0 aliphatic heterocycles. The second-order valence-electron chi connectivity index (χ2n) is 5.23. The average molecular weight is 248 g/mol. The number of rotatable bonds is 9. The first-order chi connectivity index (χ1) is 8.77. The molecular formula is C17H28O. The van der Waals surface area contributed by atoms with Crippen LogP contribution in [0.15, 0.2) is 24.3 Å². The lowest BCUT2D eigenvalue weighted by molar-refractivity contribution is 0.414. The van der Waals surface area contributed by atoms with Crippen molar-refractivity contribution >= 4 is 0 Å². The first kappa shape index (κ1) is 15.1. The highest BCUT2D eigenvalue weighted by Gasteiger charge is 2.05. The van der Waals surface area contributed by atoms with Crippen molar-refractivity contribution in [3.05, 3.63) is 29.8 Å². The van der Waals surface area contributed by atoms with Crippen LogP contribution < -0.4 is 4.74 Å². The van der Waals surface area contributed by atoms with Crippen molar-refractivity contribution in [1.82, 2.24) is 0 Å². The zero-order chi connectivity index (χ0) is 13.2. The van der Waals surface area contributed by atoms with Gasteiger partial charge < -0.3 is 4.74 Å². The smallest absolute Gasteiger partial charge is 0.118 e. The van der Waals surface area contributed by atoms with Crippen molar-refractivity contribution in [1.29, 1.82) is 0 Å². The fourth-order valence-electron chi connectivity index (χ4n) is 2.33. The lowest BCUT2D eigenvalue weighted by Gasteiger charge is -2.12. The molecule has 1 atom stereocenters.